The highest BCUT2D eigenvalue weighted by atomic mass is 19.1. The number of aliphatic imine (C=N–C) groups is 1. The molecule has 0 spiro atoms. The van der Waals surface area contributed by atoms with Gasteiger partial charge in [-0.3, -0.25) is 25.2 Å². The number of benzene rings is 1. The molecule has 0 amide bonds. The molecule has 138 valence electrons. The van der Waals surface area contributed by atoms with Crippen LogP contribution in [0.1, 0.15) is 25.3 Å². The third kappa shape index (κ3) is 4.18. The maximum Gasteiger partial charge on any atom is 0.343 e. The molecule has 26 heavy (non-hydrogen) atoms. The molecule has 0 heterocycles. The molecule has 1 saturated carbocycles. The normalized spacial score (nSPS) is 14.8. The van der Waals surface area contributed by atoms with Crippen molar-refractivity contribution >= 4 is 29.3 Å². The molecule has 0 aliphatic heterocycles. The predicted molar refractivity (Wildman–Crippen MR) is 87.4 cm³/mol. The molecule has 0 unspecified atom stereocenters. The van der Waals surface area contributed by atoms with Crippen molar-refractivity contribution in [2.75, 3.05) is 6.61 Å². The summed E-state index contributed by atoms with van der Waals surface area (Å²) in [4.78, 5) is 35.8. The molecular formula is C15H14FN3O7. The van der Waals surface area contributed by atoms with E-state index in [0.29, 0.717) is 12.1 Å². The summed E-state index contributed by atoms with van der Waals surface area (Å²) in [5.41, 5.74) is -3.26. The highest BCUT2D eigenvalue weighted by Gasteiger charge is 2.29. The number of nitro benzene ring substituents is 2. The summed E-state index contributed by atoms with van der Waals surface area (Å²) in [6, 6.07) is 0.771. The number of rotatable bonds is 7. The Morgan fingerprint density at radius 1 is 1.35 bits per heavy atom. The Morgan fingerprint density at radius 2 is 1.96 bits per heavy atom. The van der Waals surface area contributed by atoms with Gasteiger partial charge in [0.2, 0.25) is 5.82 Å². The van der Waals surface area contributed by atoms with Crippen molar-refractivity contribution in [2.24, 2.45) is 4.99 Å². The molecule has 0 saturated heterocycles. The fourth-order valence-electron chi connectivity index (χ4n) is 2.00. The Bertz CT molecular complexity index is 831. The van der Waals surface area contributed by atoms with Crippen LogP contribution in [0, 0.1) is 26.0 Å². The van der Waals surface area contributed by atoms with Gasteiger partial charge in [0, 0.05) is 6.21 Å². The number of nitrogens with zero attached hydrogens (tertiary/aromatic N) is 3. The van der Waals surface area contributed by atoms with Gasteiger partial charge in [-0.25, -0.2) is 4.79 Å². The maximum atomic E-state index is 13.9. The number of halogens is 1. The minimum Gasteiger partial charge on any atom is -0.506 e. The van der Waals surface area contributed by atoms with Crippen LogP contribution < -0.4 is 0 Å². The molecule has 1 aliphatic carbocycles. The van der Waals surface area contributed by atoms with E-state index in [1.807, 2.05) is 0 Å². The van der Waals surface area contributed by atoms with Gasteiger partial charge < -0.3 is 9.84 Å². The van der Waals surface area contributed by atoms with Crippen LogP contribution in [0.25, 0.3) is 5.76 Å². The summed E-state index contributed by atoms with van der Waals surface area (Å²) < 4.78 is 18.7. The van der Waals surface area contributed by atoms with Crippen molar-refractivity contribution in [3.63, 3.8) is 0 Å². The van der Waals surface area contributed by atoms with E-state index in [9.17, 15) is 34.5 Å². The van der Waals surface area contributed by atoms with E-state index in [-0.39, 0.29) is 12.6 Å². The number of hydrogen-bond donors (Lipinski definition) is 1. The summed E-state index contributed by atoms with van der Waals surface area (Å²) in [7, 11) is 0. The van der Waals surface area contributed by atoms with Gasteiger partial charge in [-0.05, 0) is 25.8 Å². The fourth-order valence-corrected chi connectivity index (χ4v) is 2.00. The van der Waals surface area contributed by atoms with E-state index in [1.54, 1.807) is 0 Å². The minimum absolute atomic E-state index is 0.0317. The number of hydrogen-bond acceptors (Lipinski definition) is 8. The molecular weight excluding hydrogens is 353 g/mol. The summed E-state index contributed by atoms with van der Waals surface area (Å²) in [5, 5.41) is 32.3. The first-order valence-corrected chi connectivity index (χ1v) is 7.52. The number of aliphatic hydroxyl groups excluding tert-OH is 1. The van der Waals surface area contributed by atoms with Crippen LogP contribution in [0.3, 0.4) is 0 Å². The summed E-state index contributed by atoms with van der Waals surface area (Å²) >= 11 is 0. The van der Waals surface area contributed by atoms with E-state index >= 15 is 0 Å². The Kier molecular flexibility index (Phi) is 5.60. The molecule has 0 radical (unpaired) electrons. The zero-order chi connectivity index (χ0) is 19.4. The van der Waals surface area contributed by atoms with Gasteiger partial charge in [-0.2, -0.15) is 4.39 Å². The van der Waals surface area contributed by atoms with Gasteiger partial charge in [0.1, 0.15) is 11.3 Å². The molecule has 0 bridgehead atoms. The second kappa shape index (κ2) is 7.68. The summed E-state index contributed by atoms with van der Waals surface area (Å²) in [5.74, 6) is -3.36. The third-order valence-corrected chi connectivity index (χ3v) is 3.43. The van der Waals surface area contributed by atoms with Crippen LogP contribution in [0.2, 0.25) is 0 Å². The van der Waals surface area contributed by atoms with Crippen molar-refractivity contribution in [2.45, 2.75) is 25.8 Å². The number of ether oxygens (including phenoxy) is 1. The lowest BCUT2D eigenvalue weighted by atomic mass is 10.1. The third-order valence-electron chi connectivity index (χ3n) is 3.43. The van der Waals surface area contributed by atoms with Gasteiger partial charge in [0.15, 0.2) is 0 Å². The molecule has 0 atom stereocenters. The molecule has 10 nitrogen and oxygen atoms in total. The van der Waals surface area contributed by atoms with Crippen molar-refractivity contribution < 1.29 is 28.9 Å². The first-order chi connectivity index (χ1) is 12.3. The Labute approximate surface area is 145 Å². The van der Waals surface area contributed by atoms with Crippen molar-refractivity contribution in [3.05, 3.63) is 49.3 Å². The first kappa shape index (κ1) is 19.0. The molecule has 2 rings (SSSR count). The maximum absolute atomic E-state index is 13.9. The fraction of sp³-hybridized carbons (Fsp3) is 0.333. The SMILES string of the molecule is CCOC(=O)/C(C=NC1CC1)=C(\O)c1cc(F)c([N+](=O)[O-])cc1[N+](=O)[O-]. The largest absolute Gasteiger partial charge is 0.506 e. The van der Waals surface area contributed by atoms with Crippen molar-refractivity contribution in [1.29, 1.82) is 0 Å². The van der Waals surface area contributed by atoms with Gasteiger partial charge >= 0.3 is 11.7 Å². The van der Waals surface area contributed by atoms with Crippen LogP contribution in [-0.2, 0) is 9.53 Å². The van der Waals surface area contributed by atoms with Gasteiger partial charge in [-0.1, -0.05) is 0 Å². The number of aliphatic hydroxyl groups is 1. The van der Waals surface area contributed by atoms with Gasteiger partial charge in [0.25, 0.3) is 5.69 Å². The lowest BCUT2D eigenvalue weighted by molar-refractivity contribution is -0.396. The number of esters is 1. The molecule has 1 N–H and O–H groups in total. The lowest BCUT2D eigenvalue weighted by Gasteiger charge is -2.08. The minimum atomic E-state index is -1.40. The second-order valence-electron chi connectivity index (χ2n) is 5.33. The van der Waals surface area contributed by atoms with Gasteiger partial charge in [-0.15, -0.1) is 0 Å². The van der Waals surface area contributed by atoms with E-state index in [1.165, 1.54) is 6.92 Å². The molecule has 1 aromatic carbocycles. The van der Waals surface area contributed by atoms with Crippen molar-refractivity contribution in [3.8, 4) is 0 Å². The monoisotopic (exact) mass is 367 g/mol. The molecule has 0 aromatic heterocycles. The van der Waals surface area contributed by atoms with Crippen LogP contribution in [0.5, 0.6) is 0 Å². The first-order valence-electron chi connectivity index (χ1n) is 7.52. The van der Waals surface area contributed by atoms with Crippen LogP contribution in [0.4, 0.5) is 15.8 Å². The molecule has 1 fully saturated rings. The highest BCUT2D eigenvalue weighted by Crippen LogP contribution is 2.33. The quantitative estimate of drug-likeness (QED) is 0.195. The van der Waals surface area contributed by atoms with E-state index in [0.717, 1.165) is 19.1 Å². The second-order valence-corrected chi connectivity index (χ2v) is 5.33. The lowest BCUT2D eigenvalue weighted by Crippen LogP contribution is -2.12. The van der Waals surface area contributed by atoms with Gasteiger partial charge in [0.05, 0.1) is 34.1 Å². The molecule has 11 heteroatoms. The summed E-state index contributed by atoms with van der Waals surface area (Å²) in [6.07, 6.45) is 2.59. The average Bonchev–Trinajstić information content (AvgIpc) is 3.38. The Morgan fingerprint density at radius 3 is 2.46 bits per heavy atom. The van der Waals surface area contributed by atoms with E-state index in [4.69, 9.17) is 4.74 Å². The van der Waals surface area contributed by atoms with E-state index in [2.05, 4.69) is 4.99 Å². The van der Waals surface area contributed by atoms with Crippen LogP contribution >= 0.6 is 0 Å². The number of nitro groups is 2. The number of carbonyl (C=O) groups is 1. The average molecular weight is 367 g/mol. The van der Waals surface area contributed by atoms with Crippen molar-refractivity contribution in [1.82, 2.24) is 0 Å². The smallest absolute Gasteiger partial charge is 0.343 e. The highest BCUT2D eigenvalue weighted by molar-refractivity contribution is 6.15. The zero-order valence-corrected chi connectivity index (χ0v) is 13.5. The Hall–Kier alpha value is -3.37. The topological polar surface area (TPSA) is 145 Å². The predicted octanol–water partition coefficient (Wildman–Crippen LogP) is 2.71. The zero-order valence-electron chi connectivity index (χ0n) is 13.5. The summed E-state index contributed by atoms with van der Waals surface area (Å²) in [6.45, 7) is 1.47. The molecule has 1 aliphatic rings. The van der Waals surface area contributed by atoms with Crippen LogP contribution in [-0.4, -0.2) is 39.8 Å². The number of carbonyl (C=O) groups excluding carboxylic acids is 1. The standard InChI is InChI=1S/C15H14FN3O7/c1-2-26-15(21)10(7-17-8-3-4-8)14(20)9-5-11(16)13(19(24)25)6-12(9)18(22)23/h5-8,20H,2-4H2,1H3/b14-10-,17-7?. The van der Waals surface area contributed by atoms with E-state index < -0.39 is 49.9 Å². The molecule has 1 aromatic rings. The van der Waals surface area contributed by atoms with Crippen LogP contribution in [0.15, 0.2) is 22.7 Å². The Balaban J connectivity index is 2.64.